The summed E-state index contributed by atoms with van der Waals surface area (Å²) in [5.74, 6) is 2.81. The van der Waals surface area contributed by atoms with Crippen LogP contribution in [0.1, 0.15) is 23.8 Å². The Labute approximate surface area is 107 Å². The van der Waals surface area contributed by atoms with Gasteiger partial charge in [0.1, 0.15) is 0 Å². The van der Waals surface area contributed by atoms with E-state index >= 15 is 0 Å². The molecule has 3 aliphatic rings. The molecule has 3 fully saturated rings. The van der Waals surface area contributed by atoms with Gasteiger partial charge in [0, 0.05) is 24.0 Å². The number of thiophene rings is 1. The fraction of sp³-hybridized carbons (Fsp3) is 0.714. The van der Waals surface area contributed by atoms with Crippen molar-refractivity contribution >= 4 is 11.3 Å². The van der Waals surface area contributed by atoms with Gasteiger partial charge in [-0.2, -0.15) is 0 Å². The predicted molar refractivity (Wildman–Crippen MR) is 71.2 cm³/mol. The smallest absolute Gasteiger partial charge is 0.0469 e. The minimum atomic E-state index is 0.751. The lowest BCUT2D eigenvalue weighted by Gasteiger charge is -2.27. The minimum absolute atomic E-state index is 0.751. The van der Waals surface area contributed by atoms with E-state index in [1.807, 2.05) is 11.3 Å². The van der Waals surface area contributed by atoms with Crippen molar-refractivity contribution in [2.75, 3.05) is 26.2 Å². The SMILES string of the molecule is c1csc(C(C2CC2)N2CC3CNCC3C2)c1. The first kappa shape index (κ1) is 10.5. The van der Waals surface area contributed by atoms with E-state index in [2.05, 4.69) is 27.7 Å². The number of likely N-dealkylation sites (tertiary alicyclic amines) is 1. The number of hydrogen-bond donors (Lipinski definition) is 1. The first-order chi connectivity index (χ1) is 8.42. The summed E-state index contributed by atoms with van der Waals surface area (Å²) in [6.07, 6.45) is 2.90. The van der Waals surface area contributed by atoms with Crippen molar-refractivity contribution in [1.29, 1.82) is 0 Å². The molecule has 2 saturated heterocycles. The molecule has 1 saturated carbocycles. The van der Waals surface area contributed by atoms with E-state index in [1.165, 1.54) is 39.0 Å². The second-order valence-electron chi connectivity index (χ2n) is 5.93. The van der Waals surface area contributed by atoms with Crippen LogP contribution in [0.15, 0.2) is 17.5 Å². The molecule has 0 radical (unpaired) electrons. The molecule has 1 N–H and O–H groups in total. The fourth-order valence-electron chi connectivity index (χ4n) is 3.70. The van der Waals surface area contributed by atoms with E-state index < -0.39 is 0 Å². The van der Waals surface area contributed by atoms with Crippen molar-refractivity contribution in [3.05, 3.63) is 22.4 Å². The maximum absolute atomic E-state index is 3.54. The van der Waals surface area contributed by atoms with Gasteiger partial charge >= 0.3 is 0 Å². The summed E-state index contributed by atoms with van der Waals surface area (Å²) < 4.78 is 0. The van der Waals surface area contributed by atoms with Crippen LogP contribution in [0, 0.1) is 17.8 Å². The number of rotatable bonds is 3. The van der Waals surface area contributed by atoms with Crippen LogP contribution in [-0.4, -0.2) is 31.1 Å². The third-order valence-corrected chi connectivity index (χ3v) is 5.66. The Kier molecular flexibility index (Phi) is 2.53. The summed E-state index contributed by atoms with van der Waals surface area (Å²) in [5.41, 5.74) is 0. The van der Waals surface area contributed by atoms with Crippen LogP contribution in [0.25, 0.3) is 0 Å². The van der Waals surface area contributed by atoms with E-state index in [4.69, 9.17) is 0 Å². The highest BCUT2D eigenvalue weighted by Crippen LogP contribution is 2.48. The fourth-order valence-corrected chi connectivity index (χ4v) is 4.65. The molecule has 0 bridgehead atoms. The molecule has 0 amide bonds. The van der Waals surface area contributed by atoms with Crippen molar-refractivity contribution in [2.24, 2.45) is 17.8 Å². The summed E-state index contributed by atoms with van der Waals surface area (Å²) in [7, 11) is 0. The molecule has 1 aliphatic carbocycles. The minimum Gasteiger partial charge on any atom is -0.316 e. The van der Waals surface area contributed by atoms with Gasteiger partial charge in [0.05, 0.1) is 0 Å². The van der Waals surface area contributed by atoms with Crippen molar-refractivity contribution in [3.8, 4) is 0 Å². The van der Waals surface area contributed by atoms with Crippen LogP contribution < -0.4 is 5.32 Å². The molecular weight excluding hydrogens is 228 g/mol. The van der Waals surface area contributed by atoms with E-state index in [0.29, 0.717) is 0 Å². The average Bonchev–Trinajstić information content (AvgIpc) is 2.76. The lowest BCUT2D eigenvalue weighted by atomic mass is 10.0. The molecule has 3 atom stereocenters. The predicted octanol–water partition coefficient (Wildman–Crippen LogP) is 2.35. The Bertz CT molecular complexity index is 373. The van der Waals surface area contributed by atoms with Crippen molar-refractivity contribution < 1.29 is 0 Å². The highest BCUT2D eigenvalue weighted by Gasteiger charge is 2.44. The Morgan fingerprint density at radius 1 is 1.24 bits per heavy atom. The molecule has 3 heteroatoms. The monoisotopic (exact) mass is 248 g/mol. The maximum atomic E-state index is 3.54. The lowest BCUT2D eigenvalue weighted by Crippen LogP contribution is -2.30. The molecule has 0 aromatic carbocycles. The lowest BCUT2D eigenvalue weighted by molar-refractivity contribution is 0.209. The van der Waals surface area contributed by atoms with Crippen LogP contribution in [0.5, 0.6) is 0 Å². The molecule has 92 valence electrons. The summed E-state index contributed by atoms with van der Waals surface area (Å²) in [6, 6.07) is 5.31. The third-order valence-electron chi connectivity index (χ3n) is 4.71. The largest absolute Gasteiger partial charge is 0.316 e. The zero-order valence-electron chi connectivity index (χ0n) is 10.1. The van der Waals surface area contributed by atoms with Gasteiger partial charge in [-0.15, -0.1) is 11.3 Å². The molecule has 2 nitrogen and oxygen atoms in total. The maximum Gasteiger partial charge on any atom is 0.0469 e. The summed E-state index contributed by atoms with van der Waals surface area (Å²) in [5, 5.41) is 5.78. The average molecular weight is 248 g/mol. The molecule has 3 unspecified atom stereocenters. The second kappa shape index (κ2) is 4.08. The number of fused-ring (bicyclic) bond motifs is 1. The van der Waals surface area contributed by atoms with Gasteiger partial charge in [-0.3, -0.25) is 4.90 Å². The molecule has 0 spiro atoms. The Morgan fingerprint density at radius 2 is 2.00 bits per heavy atom. The standard InChI is InChI=1S/C14H20N2S/c1-2-13(17-5-1)14(10-3-4-10)16-8-11-6-15-7-12(11)9-16/h1-2,5,10-12,14-15H,3-4,6-9H2. The van der Waals surface area contributed by atoms with E-state index in [9.17, 15) is 0 Å². The zero-order valence-corrected chi connectivity index (χ0v) is 11.0. The topological polar surface area (TPSA) is 15.3 Å². The van der Waals surface area contributed by atoms with Crippen molar-refractivity contribution in [1.82, 2.24) is 10.2 Å². The molecule has 1 aromatic rings. The Hall–Kier alpha value is -0.380. The van der Waals surface area contributed by atoms with Gasteiger partial charge in [0.25, 0.3) is 0 Å². The molecule has 1 aromatic heterocycles. The normalized spacial score (nSPS) is 35.1. The molecule has 17 heavy (non-hydrogen) atoms. The highest BCUT2D eigenvalue weighted by atomic mass is 32.1. The van der Waals surface area contributed by atoms with E-state index in [0.717, 1.165) is 23.8 Å². The molecular formula is C14H20N2S. The van der Waals surface area contributed by atoms with Gasteiger partial charge in [-0.25, -0.2) is 0 Å². The molecule has 4 rings (SSSR count). The van der Waals surface area contributed by atoms with Crippen molar-refractivity contribution in [3.63, 3.8) is 0 Å². The van der Waals surface area contributed by atoms with Crippen LogP contribution in [0.3, 0.4) is 0 Å². The summed E-state index contributed by atoms with van der Waals surface area (Å²) in [4.78, 5) is 4.40. The van der Waals surface area contributed by atoms with E-state index in [1.54, 1.807) is 4.88 Å². The van der Waals surface area contributed by atoms with Crippen LogP contribution in [0.4, 0.5) is 0 Å². The molecule has 2 aliphatic heterocycles. The summed E-state index contributed by atoms with van der Waals surface area (Å²) in [6.45, 7) is 5.17. The number of hydrogen-bond acceptors (Lipinski definition) is 3. The Balaban J connectivity index is 1.55. The number of nitrogens with one attached hydrogen (secondary N) is 1. The van der Waals surface area contributed by atoms with Crippen LogP contribution in [0.2, 0.25) is 0 Å². The van der Waals surface area contributed by atoms with E-state index in [-0.39, 0.29) is 0 Å². The van der Waals surface area contributed by atoms with Crippen molar-refractivity contribution in [2.45, 2.75) is 18.9 Å². The molecule has 3 heterocycles. The summed E-state index contributed by atoms with van der Waals surface area (Å²) >= 11 is 1.96. The third kappa shape index (κ3) is 1.85. The van der Waals surface area contributed by atoms with Gasteiger partial charge in [-0.05, 0) is 55.1 Å². The highest BCUT2D eigenvalue weighted by molar-refractivity contribution is 7.10. The first-order valence-electron chi connectivity index (χ1n) is 6.90. The van der Waals surface area contributed by atoms with Crippen LogP contribution in [-0.2, 0) is 0 Å². The second-order valence-corrected chi connectivity index (χ2v) is 6.91. The van der Waals surface area contributed by atoms with Crippen LogP contribution >= 0.6 is 11.3 Å². The first-order valence-corrected chi connectivity index (χ1v) is 7.78. The van der Waals surface area contributed by atoms with Gasteiger partial charge in [0.15, 0.2) is 0 Å². The number of nitrogens with zero attached hydrogens (tertiary/aromatic N) is 1. The van der Waals surface area contributed by atoms with Gasteiger partial charge in [0.2, 0.25) is 0 Å². The quantitative estimate of drug-likeness (QED) is 0.883. The van der Waals surface area contributed by atoms with Gasteiger partial charge < -0.3 is 5.32 Å². The zero-order chi connectivity index (χ0) is 11.2. The Morgan fingerprint density at radius 3 is 2.59 bits per heavy atom. The van der Waals surface area contributed by atoms with Gasteiger partial charge in [-0.1, -0.05) is 6.07 Å².